The summed E-state index contributed by atoms with van der Waals surface area (Å²) in [7, 11) is 3.19. The quantitative estimate of drug-likeness (QED) is 0.265. The highest BCUT2D eigenvalue weighted by atomic mass is 16.5. The fourth-order valence-corrected chi connectivity index (χ4v) is 3.87. The minimum Gasteiger partial charge on any atom is -0.497 e. The second kappa shape index (κ2) is 12.1. The number of ether oxygens (including phenoxy) is 2. The van der Waals surface area contributed by atoms with Crippen molar-refractivity contribution in [2.75, 3.05) is 45.4 Å². The Labute approximate surface area is 215 Å². The number of pyridine rings is 1. The predicted molar refractivity (Wildman–Crippen MR) is 142 cm³/mol. The number of nitrogens with zero attached hydrogens (tertiary/aromatic N) is 4. The zero-order valence-electron chi connectivity index (χ0n) is 20.8. The van der Waals surface area contributed by atoms with Gasteiger partial charge in [0.05, 0.1) is 43.8 Å². The number of methoxy groups -OCH3 is 2. The molecule has 4 N–H and O–H groups in total. The molecule has 10 nitrogen and oxygen atoms in total. The van der Waals surface area contributed by atoms with Crippen LogP contribution >= 0.6 is 0 Å². The topological polar surface area (TPSA) is 136 Å². The number of carbonyl (C=O) groups excluding carboxylic acids is 1. The Kier molecular flexibility index (Phi) is 8.44. The number of fused-ring (bicyclic) bond motifs is 1. The lowest BCUT2D eigenvalue weighted by atomic mass is 10.1. The molecular formula is C27H30N6O4. The third-order valence-corrected chi connectivity index (χ3v) is 5.76. The van der Waals surface area contributed by atoms with Crippen molar-refractivity contribution in [3.63, 3.8) is 0 Å². The van der Waals surface area contributed by atoms with Gasteiger partial charge in [-0.1, -0.05) is 0 Å². The number of anilines is 2. The molecule has 0 aliphatic heterocycles. The Morgan fingerprint density at radius 2 is 1.78 bits per heavy atom. The molecule has 0 saturated carbocycles. The zero-order valence-corrected chi connectivity index (χ0v) is 20.8. The van der Waals surface area contributed by atoms with E-state index in [9.17, 15) is 9.90 Å². The molecule has 0 fully saturated rings. The van der Waals surface area contributed by atoms with Gasteiger partial charge >= 0.3 is 0 Å². The van der Waals surface area contributed by atoms with Crippen LogP contribution in [0.5, 0.6) is 11.5 Å². The number of hydrogen-bond donors (Lipinski definition) is 3. The predicted octanol–water partition coefficient (Wildman–Crippen LogP) is 2.92. The second-order valence-corrected chi connectivity index (χ2v) is 8.20. The highest BCUT2D eigenvalue weighted by molar-refractivity contribution is 5.93. The largest absolute Gasteiger partial charge is 0.497 e. The molecule has 0 radical (unpaired) electrons. The van der Waals surface area contributed by atoms with Crippen LogP contribution in [0.1, 0.15) is 16.9 Å². The van der Waals surface area contributed by atoms with Crippen LogP contribution in [0.4, 0.5) is 11.4 Å². The molecular weight excluding hydrogens is 472 g/mol. The summed E-state index contributed by atoms with van der Waals surface area (Å²) in [5.41, 5.74) is 10.1. The van der Waals surface area contributed by atoms with Gasteiger partial charge in [0.2, 0.25) is 0 Å². The lowest BCUT2D eigenvalue weighted by Gasteiger charge is -2.25. The summed E-state index contributed by atoms with van der Waals surface area (Å²) in [6.45, 7) is 1.28. The number of amides is 1. The molecule has 0 aliphatic rings. The van der Waals surface area contributed by atoms with E-state index in [1.54, 1.807) is 44.8 Å². The molecule has 0 spiro atoms. The van der Waals surface area contributed by atoms with Crippen LogP contribution in [0.25, 0.3) is 22.3 Å². The van der Waals surface area contributed by atoms with Crippen LogP contribution in [0.15, 0.2) is 60.9 Å². The van der Waals surface area contributed by atoms with Gasteiger partial charge in [-0.15, -0.1) is 0 Å². The number of aromatic nitrogens is 3. The second-order valence-electron chi connectivity index (χ2n) is 8.20. The van der Waals surface area contributed by atoms with E-state index in [4.69, 9.17) is 20.2 Å². The van der Waals surface area contributed by atoms with E-state index < -0.39 is 0 Å². The first-order valence-electron chi connectivity index (χ1n) is 11.9. The lowest BCUT2D eigenvalue weighted by molar-refractivity contribution is 0.0948. The van der Waals surface area contributed by atoms with Gasteiger partial charge < -0.3 is 30.5 Å². The summed E-state index contributed by atoms with van der Waals surface area (Å²) in [5.74, 6) is 1.01. The van der Waals surface area contributed by atoms with Crippen LogP contribution in [-0.2, 0) is 0 Å². The Morgan fingerprint density at radius 1 is 1.00 bits per heavy atom. The maximum absolute atomic E-state index is 12.4. The van der Waals surface area contributed by atoms with E-state index in [0.717, 1.165) is 16.9 Å². The summed E-state index contributed by atoms with van der Waals surface area (Å²) in [5, 5.41) is 12.6. The first-order chi connectivity index (χ1) is 18.1. The van der Waals surface area contributed by atoms with Crippen molar-refractivity contribution in [1.82, 2.24) is 20.3 Å². The van der Waals surface area contributed by atoms with Gasteiger partial charge in [0.15, 0.2) is 0 Å². The number of aliphatic hydroxyl groups excluding tert-OH is 1. The number of hydrogen-bond acceptors (Lipinski definition) is 9. The fraction of sp³-hybridized carbons (Fsp3) is 0.259. The molecule has 1 amide bonds. The number of benzene rings is 2. The Balaban J connectivity index is 1.69. The van der Waals surface area contributed by atoms with E-state index in [0.29, 0.717) is 60.0 Å². The minimum absolute atomic E-state index is 0.0591. The van der Waals surface area contributed by atoms with Crippen LogP contribution in [0, 0.1) is 0 Å². The highest BCUT2D eigenvalue weighted by Gasteiger charge is 2.15. The summed E-state index contributed by atoms with van der Waals surface area (Å²) >= 11 is 0. The van der Waals surface area contributed by atoms with Gasteiger partial charge in [-0.05, 0) is 43.3 Å². The third kappa shape index (κ3) is 6.11. The molecule has 2 aromatic carbocycles. The average molecular weight is 503 g/mol. The van der Waals surface area contributed by atoms with Gasteiger partial charge in [-0.25, -0.2) is 4.98 Å². The molecule has 0 aliphatic carbocycles. The fourth-order valence-electron chi connectivity index (χ4n) is 3.87. The maximum atomic E-state index is 12.4. The van der Waals surface area contributed by atoms with E-state index in [2.05, 4.69) is 15.3 Å². The summed E-state index contributed by atoms with van der Waals surface area (Å²) in [6.07, 6.45) is 3.94. The molecule has 192 valence electrons. The van der Waals surface area contributed by atoms with Crippen molar-refractivity contribution in [1.29, 1.82) is 0 Å². The Bertz CT molecular complexity index is 1360. The van der Waals surface area contributed by atoms with E-state index in [1.807, 2.05) is 35.2 Å². The standard InChI is InChI=1S/C27H30N6O4/c1-36-21-13-20(14-22(16-21)37-2)33(10-11-34)19-4-5-23-24(15-19)32-26(17-31-23)18-6-9-29-25(12-18)27(35)30-8-3-7-28/h4-6,9,12-17,34H,3,7-8,10-11,28H2,1-2H3,(H,30,35). The molecule has 4 rings (SSSR count). The number of rotatable bonds is 11. The molecule has 0 bridgehead atoms. The van der Waals surface area contributed by atoms with Crippen molar-refractivity contribution in [3.8, 4) is 22.8 Å². The SMILES string of the molecule is COc1cc(OC)cc(N(CCO)c2ccc3ncc(-c4ccnc(C(=O)NCCCN)c4)nc3c2)c1. The zero-order chi connectivity index (χ0) is 26.2. The van der Waals surface area contributed by atoms with Crippen LogP contribution in [-0.4, -0.2) is 66.4 Å². The summed E-state index contributed by atoms with van der Waals surface area (Å²) in [4.78, 5) is 27.9. The molecule has 37 heavy (non-hydrogen) atoms. The molecule has 0 unspecified atom stereocenters. The molecule has 0 atom stereocenters. The van der Waals surface area contributed by atoms with Gasteiger partial charge in [-0.3, -0.25) is 14.8 Å². The van der Waals surface area contributed by atoms with Gasteiger partial charge in [0.1, 0.15) is 17.2 Å². The van der Waals surface area contributed by atoms with Crippen molar-refractivity contribution in [3.05, 3.63) is 66.6 Å². The summed E-state index contributed by atoms with van der Waals surface area (Å²) in [6, 6.07) is 14.7. The van der Waals surface area contributed by atoms with Gasteiger partial charge in [0.25, 0.3) is 5.91 Å². The molecule has 10 heteroatoms. The minimum atomic E-state index is -0.264. The van der Waals surface area contributed by atoms with Gasteiger partial charge in [-0.2, -0.15) is 0 Å². The molecule has 2 heterocycles. The number of aliphatic hydroxyl groups is 1. The van der Waals surface area contributed by atoms with Crippen LogP contribution < -0.4 is 25.4 Å². The van der Waals surface area contributed by atoms with Gasteiger partial charge in [0, 0.05) is 54.4 Å². The van der Waals surface area contributed by atoms with E-state index in [-0.39, 0.29) is 12.5 Å². The smallest absolute Gasteiger partial charge is 0.269 e. The Hall–Kier alpha value is -4.28. The number of carbonyl (C=O) groups is 1. The average Bonchev–Trinajstić information content (AvgIpc) is 2.95. The number of nitrogens with one attached hydrogen (secondary N) is 1. The van der Waals surface area contributed by atoms with Crippen LogP contribution in [0.2, 0.25) is 0 Å². The van der Waals surface area contributed by atoms with Crippen LogP contribution in [0.3, 0.4) is 0 Å². The van der Waals surface area contributed by atoms with E-state index >= 15 is 0 Å². The molecule has 2 aromatic heterocycles. The Morgan fingerprint density at radius 3 is 2.49 bits per heavy atom. The highest BCUT2D eigenvalue weighted by Crippen LogP contribution is 2.34. The van der Waals surface area contributed by atoms with Crippen molar-refractivity contribution in [2.45, 2.75) is 6.42 Å². The third-order valence-electron chi connectivity index (χ3n) is 5.76. The summed E-state index contributed by atoms with van der Waals surface area (Å²) < 4.78 is 10.8. The molecule has 0 saturated heterocycles. The van der Waals surface area contributed by atoms with E-state index in [1.165, 1.54) is 0 Å². The normalized spacial score (nSPS) is 10.8. The first-order valence-corrected chi connectivity index (χ1v) is 11.9. The number of nitrogens with two attached hydrogens (primary N) is 1. The van der Waals surface area contributed by atoms with Crippen molar-refractivity contribution < 1.29 is 19.4 Å². The lowest BCUT2D eigenvalue weighted by Crippen LogP contribution is -2.26. The first kappa shape index (κ1) is 25.8. The van der Waals surface area contributed by atoms with Crippen molar-refractivity contribution >= 4 is 28.3 Å². The molecule has 4 aromatic rings. The maximum Gasteiger partial charge on any atom is 0.269 e. The van der Waals surface area contributed by atoms with Crippen molar-refractivity contribution in [2.24, 2.45) is 5.73 Å². The monoisotopic (exact) mass is 502 g/mol.